The maximum atomic E-state index is 12.8. The predicted molar refractivity (Wildman–Crippen MR) is 105 cm³/mol. The summed E-state index contributed by atoms with van der Waals surface area (Å²) in [7, 11) is 5.65. The van der Waals surface area contributed by atoms with Crippen LogP contribution >= 0.6 is 23.2 Å². The molecule has 0 bridgehead atoms. The van der Waals surface area contributed by atoms with Crippen molar-refractivity contribution in [3.63, 3.8) is 0 Å². The highest BCUT2D eigenvalue weighted by molar-refractivity contribution is 6.42. The number of carbonyl (C=O) groups excluding carboxylic acids is 2. The third-order valence-electron chi connectivity index (χ3n) is 4.94. The van der Waals surface area contributed by atoms with Gasteiger partial charge in [-0.25, -0.2) is 0 Å². The Hall–Kier alpha value is -2.04. The van der Waals surface area contributed by atoms with Gasteiger partial charge in [0.05, 0.1) is 16.1 Å². The molecule has 2 atom stereocenters. The first kappa shape index (κ1) is 18.7. The number of amides is 1. The van der Waals surface area contributed by atoms with Gasteiger partial charge in [-0.05, 0) is 35.4 Å². The van der Waals surface area contributed by atoms with Crippen molar-refractivity contribution >= 4 is 41.1 Å². The van der Waals surface area contributed by atoms with Gasteiger partial charge in [-0.1, -0.05) is 35.3 Å². The van der Waals surface area contributed by atoms with Crippen LogP contribution < -0.4 is 4.90 Å². The van der Waals surface area contributed by atoms with Crippen LogP contribution in [0, 0.1) is 0 Å². The number of aldehydes is 1. The quantitative estimate of drug-likeness (QED) is 0.702. The molecular formula is C20H20Cl2N2O2. The van der Waals surface area contributed by atoms with Crippen LogP contribution in [0.25, 0.3) is 0 Å². The minimum absolute atomic E-state index is 0.0374. The van der Waals surface area contributed by atoms with Gasteiger partial charge >= 0.3 is 0 Å². The monoisotopic (exact) mass is 390 g/mol. The zero-order valence-corrected chi connectivity index (χ0v) is 16.4. The summed E-state index contributed by atoms with van der Waals surface area (Å²) in [6.45, 7) is 0. The van der Waals surface area contributed by atoms with Crippen LogP contribution in [0.1, 0.15) is 39.9 Å². The number of hydrogen-bond acceptors (Lipinski definition) is 3. The van der Waals surface area contributed by atoms with E-state index >= 15 is 0 Å². The van der Waals surface area contributed by atoms with Crippen LogP contribution in [0.4, 0.5) is 5.69 Å². The highest BCUT2D eigenvalue weighted by Gasteiger charge is 2.39. The molecule has 0 aliphatic carbocycles. The molecule has 0 fully saturated rings. The molecule has 0 radical (unpaired) electrons. The van der Waals surface area contributed by atoms with Gasteiger partial charge in [-0.2, -0.15) is 0 Å². The van der Waals surface area contributed by atoms with E-state index in [9.17, 15) is 9.59 Å². The van der Waals surface area contributed by atoms with Crippen molar-refractivity contribution in [2.24, 2.45) is 0 Å². The van der Waals surface area contributed by atoms with E-state index in [-0.39, 0.29) is 24.3 Å². The molecule has 1 amide bonds. The van der Waals surface area contributed by atoms with Gasteiger partial charge in [0.1, 0.15) is 6.29 Å². The first-order valence-electron chi connectivity index (χ1n) is 8.32. The molecule has 0 spiro atoms. The van der Waals surface area contributed by atoms with Crippen LogP contribution in [0.2, 0.25) is 10.0 Å². The number of carbonyl (C=O) groups is 2. The Morgan fingerprint density at radius 2 is 1.88 bits per heavy atom. The molecule has 26 heavy (non-hydrogen) atoms. The van der Waals surface area contributed by atoms with Gasteiger partial charge in [-0.3, -0.25) is 4.79 Å². The summed E-state index contributed by atoms with van der Waals surface area (Å²) in [6, 6.07) is 11.0. The molecule has 4 nitrogen and oxygen atoms in total. The third kappa shape index (κ3) is 3.19. The molecule has 1 heterocycles. The molecule has 1 aliphatic rings. The fourth-order valence-corrected chi connectivity index (χ4v) is 3.88. The lowest BCUT2D eigenvalue weighted by Crippen LogP contribution is -2.28. The Bertz CT molecular complexity index is 867. The van der Waals surface area contributed by atoms with Gasteiger partial charge in [0.25, 0.3) is 5.91 Å². The molecule has 2 unspecified atom stereocenters. The van der Waals surface area contributed by atoms with Gasteiger partial charge in [0.15, 0.2) is 0 Å². The standard InChI is InChI=1S/C20H20Cl2N2O2/c1-23(2)13-5-6-15-16(11-13)20(26)24(3)19(15)14(8-9-25)12-4-7-17(21)18(22)10-12/h4-7,9-11,14,19H,8H2,1-3H3. The second kappa shape index (κ2) is 7.29. The van der Waals surface area contributed by atoms with Crippen molar-refractivity contribution in [1.82, 2.24) is 4.90 Å². The number of anilines is 1. The lowest BCUT2D eigenvalue weighted by molar-refractivity contribution is -0.108. The average molecular weight is 391 g/mol. The molecule has 0 aromatic heterocycles. The maximum Gasteiger partial charge on any atom is 0.254 e. The number of fused-ring (bicyclic) bond motifs is 1. The molecule has 2 aromatic rings. The van der Waals surface area contributed by atoms with E-state index in [1.54, 1.807) is 24.1 Å². The number of rotatable bonds is 5. The highest BCUT2D eigenvalue weighted by Crippen LogP contribution is 2.45. The molecule has 136 valence electrons. The van der Waals surface area contributed by atoms with E-state index in [0.29, 0.717) is 15.6 Å². The normalized spacial score (nSPS) is 17.2. The summed E-state index contributed by atoms with van der Waals surface area (Å²) < 4.78 is 0. The third-order valence-corrected chi connectivity index (χ3v) is 5.68. The van der Waals surface area contributed by atoms with Crippen LogP contribution in [-0.4, -0.2) is 38.2 Å². The van der Waals surface area contributed by atoms with Crippen LogP contribution in [0.3, 0.4) is 0 Å². The van der Waals surface area contributed by atoms with E-state index in [4.69, 9.17) is 23.2 Å². The van der Waals surface area contributed by atoms with Gasteiger partial charge < -0.3 is 14.6 Å². The average Bonchev–Trinajstić information content (AvgIpc) is 2.86. The van der Waals surface area contributed by atoms with Gasteiger partial charge in [0, 0.05) is 44.7 Å². The highest BCUT2D eigenvalue weighted by atomic mass is 35.5. The summed E-state index contributed by atoms with van der Waals surface area (Å²) in [5.41, 5.74) is 3.47. The summed E-state index contributed by atoms with van der Waals surface area (Å²) in [4.78, 5) is 27.9. The summed E-state index contributed by atoms with van der Waals surface area (Å²) >= 11 is 12.2. The number of nitrogens with zero attached hydrogens (tertiary/aromatic N) is 2. The number of halogens is 2. The van der Waals surface area contributed by atoms with Gasteiger partial charge in [0.2, 0.25) is 0 Å². The first-order valence-corrected chi connectivity index (χ1v) is 9.07. The minimum Gasteiger partial charge on any atom is -0.378 e. The molecule has 2 aromatic carbocycles. The summed E-state index contributed by atoms with van der Waals surface area (Å²) in [5.74, 6) is -0.229. The van der Waals surface area contributed by atoms with Crippen molar-refractivity contribution in [2.75, 3.05) is 26.0 Å². The summed E-state index contributed by atoms with van der Waals surface area (Å²) in [5, 5.41) is 0.905. The Kier molecular flexibility index (Phi) is 5.26. The lowest BCUT2D eigenvalue weighted by Gasteiger charge is -2.29. The largest absolute Gasteiger partial charge is 0.378 e. The van der Waals surface area contributed by atoms with E-state index < -0.39 is 0 Å². The fourth-order valence-electron chi connectivity index (χ4n) is 3.57. The zero-order valence-electron chi connectivity index (χ0n) is 14.9. The summed E-state index contributed by atoms with van der Waals surface area (Å²) in [6.07, 6.45) is 1.17. The van der Waals surface area contributed by atoms with Crippen LogP contribution in [0.15, 0.2) is 36.4 Å². The molecule has 3 rings (SSSR count). The second-order valence-electron chi connectivity index (χ2n) is 6.71. The molecule has 6 heteroatoms. The van der Waals surface area contributed by atoms with E-state index in [1.165, 1.54) is 0 Å². The maximum absolute atomic E-state index is 12.8. The SMILES string of the molecule is CN(C)c1ccc2c(c1)C(=O)N(C)C2C(CC=O)c1ccc(Cl)c(Cl)c1. The molecule has 0 N–H and O–H groups in total. The van der Waals surface area contributed by atoms with E-state index in [2.05, 4.69) is 0 Å². The Labute approximate surface area is 163 Å². The van der Waals surface area contributed by atoms with E-state index in [1.807, 2.05) is 43.3 Å². The fraction of sp³-hybridized carbons (Fsp3) is 0.300. The molecule has 1 aliphatic heterocycles. The number of benzene rings is 2. The van der Waals surface area contributed by atoms with Crippen molar-refractivity contribution in [3.8, 4) is 0 Å². The van der Waals surface area contributed by atoms with Crippen molar-refractivity contribution in [1.29, 1.82) is 0 Å². The molecule has 0 saturated heterocycles. The first-order chi connectivity index (χ1) is 12.3. The lowest BCUT2D eigenvalue weighted by atomic mass is 9.85. The van der Waals surface area contributed by atoms with Crippen LogP contribution in [0.5, 0.6) is 0 Å². The molecule has 0 saturated carbocycles. The predicted octanol–water partition coefficient (Wildman–Crippen LogP) is 4.56. The van der Waals surface area contributed by atoms with Crippen LogP contribution in [-0.2, 0) is 4.79 Å². The van der Waals surface area contributed by atoms with Crippen molar-refractivity contribution in [3.05, 3.63) is 63.1 Å². The van der Waals surface area contributed by atoms with Crippen molar-refractivity contribution in [2.45, 2.75) is 18.4 Å². The smallest absolute Gasteiger partial charge is 0.254 e. The van der Waals surface area contributed by atoms with Crippen molar-refractivity contribution < 1.29 is 9.59 Å². The second-order valence-corrected chi connectivity index (χ2v) is 7.52. The van der Waals surface area contributed by atoms with Gasteiger partial charge in [-0.15, -0.1) is 0 Å². The minimum atomic E-state index is -0.226. The molecular weight excluding hydrogens is 371 g/mol. The Balaban J connectivity index is 2.09. The number of likely N-dealkylation sites (N-methyl/N-ethyl adjacent to an activating group) is 1. The Morgan fingerprint density at radius 1 is 1.15 bits per heavy atom. The van der Waals surface area contributed by atoms with E-state index in [0.717, 1.165) is 23.1 Å². The Morgan fingerprint density at radius 3 is 2.50 bits per heavy atom. The topological polar surface area (TPSA) is 40.6 Å². The number of hydrogen-bond donors (Lipinski definition) is 0. The zero-order chi connectivity index (χ0) is 19.0.